The van der Waals surface area contributed by atoms with Gasteiger partial charge in [-0.05, 0) is 45.4 Å². The number of hydrogen-bond donors (Lipinski definition) is 3. The minimum Gasteiger partial charge on any atom is -0.472 e. The van der Waals surface area contributed by atoms with Crippen molar-refractivity contribution < 1.29 is 86.5 Å². The summed E-state index contributed by atoms with van der Waals surface area (Å²) in [5.41, 5.74) is -13.1. The van der Waals surface area contributed by atoms with Gasteiger partial charge in [-0.25, -0.2) is 14.4 Å². The molecule has 6 rings (SSSR count). The van der Waals surface area contributed by atoms with Gasteiger partial charge < -0.3 is 52.9 Å². The first kappa shape index (κ1) is 40.4. The lowest BCUT2D eigenvalue weighted by molar-refractivity contribution is -0.376. The Morgan fingerprint density at radius 3 is 2.30 bits per heavy atom. The minimum absolute atomic E-state index is 0.0766. The van der Waals surface area contributed by atoms with Gasteiger partial charge in [0.25, 0.3) is 0 Å². The number of nitrogens with zero attached hydrogens (tertiary/aromatic N) is 1. The zero-order valence-corrected chi connectivity index (χ0v) is 31.2. The molecule has 0 amide bonds. The molecular weight excluding hydrogens is 746 g/mol. The van der Waals surface area contributed by atoms with E-state index in [2.05, 4.69) is 4.98 Å². The second kappa shape index (κ2) is 14.1. The maximum atomic E-state index is 14.7. The average molecular weight is 788 g/mol. The van der Waals surface area contributed by atoms with E-state index in [0.29, 0.717) is 0 Å². The number of esters is 6. The highest BCUT2D eigenvalue weighted by atomic mass is 16.6. The number of ketones is 1. The van der Waals surface area contributed by atoms with Crippen LogP contribution in [0.1, 0.15) is 74.4 Å². The van der Waals surface area contributed by atoms with E-state index in [4.69, 9.17) is 37.6 Å². The van der Waals surface area contributed by atoms with Crippen LogP contribution in [0.25, 0.3) is 0 Å². The highest BCUT2D eigenvalue weighted by molar-refractivity contribution is 5.94. The van der Waals surface area contributed by atoms with Gasteiger partial charge in [-0.15, -0.1) is 0 Å². The molecule has 4 bridgehead atoms. The molecule has 2 aromatic heterocycles. The third-order valence-electron chi connectivity index (χ3n) is 11.2. The largest absolute Gasteiger partial charge is 0.472 e. The maximum Gasteiger partial charge on any atom is 0.350 e. The van der Waals surface area contributed by atoms with E-state index < -0.39 is 125 Å². The number of aliphatic hydroxyl groups is 3. The number of furan rings is 1. The van der Waals surface area contributed by atoms with Crippen molar-refractivity contribution in [1.29, 1.82) is 0 Å². The van der Waals surface area contributed by atoms with Crippen molar-refractivity contribution in [2.45, 2.75) is 107 Å². The van der Waals surface area contributed by atoms with Crippen LogP contribution in [0.4, 0.5) is 0 Å². The first-order chi connectivity index (χ1) is 26.2. The maximum absolute atomic E-state index is 14.7. The molecule has 1 saturated heterocycles. The molecule has 2 aliphatic carbocycles. The summed E-state index contributed by atoms with van der Waals surface area (Å²) in [7, 11) is 0. The number of Topliss-reactive ketones (excluding diaryl/α,β-unsaturated/α-hetero) is 1. The number of carbonyl (C=O) groups excluding carboxylic acids is 7. The lowest BCUT2D eigenvalue weighted by atomic mass is 9.45. The lowest BCUT2D eigenvalue weighted by Gasteiger charge is -2.66. The number of rotatable bonds is 6. The average Bonchev–Trinajstić information content (AvgIpc) is 3.73. The van der Waals surface area contributed by atoms with Crippen molar-refractivity contribution in [2.75, 3.05) is 13.2 Å². The van der Waals surface area contributed by atoms with Gasteiger partial charge in [-0.1, -0.05) is 0 Å². The number of cyclic esters (lactones) is 1. The summed E-state index contributed by atoms with van der Waals surface area (Å²) in [6.45, 7) is 4.25. The summed E-state index contributed by atoms with van der Waals surface area (Å²) in [6.07, 6.45) is -8.42. The summed E-state index contributed by atoms with van der Waals surface area (Å²) < 4.78 is 45.5. The van der Waals surface area contributed by atoms with Crippen LogP contribution in [-0.4, -0.2) is 128 Å². The summed E-state index contributed by atoms with van der Waals surface area (Å²) >= 11 is 0. The lowest BCUT2D eigenvalue weighted by Crippen LogP contribution is -2.88. The summed E-state index contributed by atoms with van der Waals surface area (Å²) in [6, 6.07) is 4.05. The summed E-state index contributed by atoms with van der Waals surface area (Å²) in [5.74, 6) is -9.61. The van der Waals surface area contributed by atoms with Gasteiger partial charge in [0.15, 0.2) is 18.0 Å². The normalized spacial score (nSPS) is 37.8. The predicted molar refractivity (Wildman–Crippen MR) is 179 cm³/mol. The topological polar surface area (TPSA) is 271 Å². The fourth-order valence-corrected chi connectivity index (χ4v) is 8.76. The van der Waals surface area contributed by atoms with Crippen LogP contribution in [0.2, 0.25) is 0 Å². The number of pyridine rings is 1. The van der Waals surface area contributed by atoms with Gasteiger partial charge in [-0.2, -0.15) is 0 Å². The number of ether oxygens (including phenoxy) is 7. The molecule has 302 valence electrons. The fraction of sp³-hybridized carbons (Fsp3) is 0.568. The Balaban J connectivity index is 1.63. The van der Waals surface area contributed by atoms with E-state index in [-0.39, 0.29) is 23.2 Å². The molecule has 56 heavy (non-hydrogen) atoms. The van der Waals surface area contributed by atoms with Crippen LogP contribution in [0.3, 0.4) is 0 Å². The number of carbonyl (C=O) groups is 7. The number of aliphatic hydroxyl groups excluding tert-OH is 2. The molecule has 19 nitrogen and oxygen atoms in total. The Hall–Kier alpha value is -5.24. The highest BCUT2D eigenvalue weighted by Gasteiger charge is 2.90. The van der Waals surface area contributed by atoms with E-state index in [9.17, 15) is 48.9 Å². The van der Waals surface area contributed by atoms with E-state index in [1.54, 1.807) is 0 Å². The highest BCUT2D eigenvalue weighted by Crippen LogP contribution is 2.67. The van der Waals surface area contributed by atoms with Crippen molar-refractivity contribution in [3.8, 4) is 0 Å². The minimum atomic E-state index is -2.93. The number of fused-ring (bicyclic) bond motifs is 5. The fourth-order valence-electron chi connectivity index (χ4n) is 8.76. The van der Waals surface area contributed by atoms with E-state index in [1.165, 1.54) is 37.6 Å². The van der Waals surface area contributed by atoms with Gasteiger partial charge in [0.05, 0.1) is 35.1 Å². The van der Waals surface area contributed by atoms with Crippen LogP contribution in [0.5, 0.6) is 0 Å². The molecule has 1 spiro atoms. The van der Waals surface area contributed by atoms with Gasteiger partial charge in [-0.3, -0.25) is 24.2 Å². The van der Waals surface area contributed by atoms with Crippen LogP contribution < -0.4 is 0 Å². The molecule has 3 fully saturated rings. The molecule has 19 heteroatoms. The van der Waals surface area contributed by atoms with Crippen molar-refractivity contribution in [3.63, 3.8) is 0 Å². The monoisotopic (exact) mass is 787 g/mol. The quantitative estimate of drug-likeness (QED) is 0.255. The molecule has 2 aliphatic heterocycles. The summed E-state index contributed by atoms with van der Waals surface area (Å²) in [5, 5.41) is 37.6. The van der Waals surface area contributed by atoms with E-state index in [1.807, 2.05) is 0 Å². The first-order valence-corrected chi connectivity index (χ1v) is 17.5. The van der Waals surface area contributed by atoms with Crippen molar-refractivity contribution in [2.24, 2.45) is 11.3 Å². The third kappa shape index (κ3) is 6.03. The second-order valence-corrected chi connectivity index (χ2v) is 15.0. The molecule has 4 aliphatic rings. The zero-order chi connectivity index (χ0) is 41.2. The van der Waals surface area contributed by atoms with Gasteiger partial charge in [0.1, 0.15) is 53.9 Å². The summed E-state index contributed by atoms with van der Waals surface area (Å²) in [4.78, 5) is 98.7. The molecular formula is C37H41NO18. The van der Waals surface area contributed by atoms with Gasteiger partial charge in [0, 0.05) is 33.4 Å². The Labute approximate surface area is 318 Å². The zero-order valence-electron chi connectivity index (χ0n) is 31.2. The number of aromatic nitrogens is 1. The second-order valence-electron chi connectivity index (χ2n) is 15.0. The number of hydrogen-bond acceptors (Lipinski definition) is 19. The van der Waals surface area contributed by atoms with Crippen LogP contribution in [0, 0.1) is 11.3 Å². The molecule has 1 unspecified atom stereocenters. The van der Waals surface area contributed by atoms with Gasteiger partial charge in [0.2, 0.25) is 5.60 Å². The number of aryl methyl sites for hydroxylation is 1. The van der Waals surface area contributed by atoms with E-state index >= 15 is 0 Å². The van der Waals surface area contributed by atoms with Gasteiger partial charge >= 0.3 is 35.8 Å². The van der Waals surface area contributed by atoms with Crippen LogP contribution in [-0.2, 0) is 63.6 Å². The molecule has 3 N–H and O–H groups in total. The van der Waals surface area contributed by atoms with Crippen LogP contribution >= 0.6 is 0 Å². The Morgan fingerprint density at radius 1 is 0.982 bits per heavy atom. The standard InChI is InChI=1S/C37H41NO18/c1-17(39)50-16-36-28(52-18(2)40)24(42)23-26(44)37(36)35(6,48)27(25(43)29(36)53-19(3)41)54-32(47)33(4,55-30(45)20-10-13-49-14-20)11-9-22-21(8-7-12-38-22)31(46)51-15-34(23,5)56-37/h7-8,10,12-14,23,25-29,43-44,48H,9,11,15-16H2,1-6H3/t23-,25+,26-,27+,28-,29+,33?,34+,35+,36-,37+/m1/s1. The molecule has 0 aromatic carbocycles. The Kier molecular flexibility index (Phi) is 10.1. The molecule has 2 saturated carbocycles. The Bertz CT molecular complexity index is 1960. The van der Waals surface area contributed by atoms with Crippen LogP contribution in [0.15, 0.2) is 41.3 Å². The SMILES string of the molecule is CC(=O)OC[C@]12[C@H](OC(C)=O)C(=O)[C@@H]3[C@@H](O)[C@@]14O[C@@]3(C)COC(=O)c1cccnc1CCC(C)(OC(=O)c1ccoc1)C(=O)O[C@@H]([C@H](O)[C@@H]2OC(C)=O)[C@]4(C)O. The molecule has 4 heterocycles. The molecule has 11 atom stereocenters. The molecule has 2 aromatic rings. The smallest absolute Gasteiger partial charge is 0.350 e. The van der Waals surface area contributed by atoms with Crippen molar-refractivity contribution in [1.82, 2.24) is 4.98 Å². The Morgan fingerprint density at radius 2 is 1.68 bits per heavy atom. The van der Waals surface area contributed by atoms with E-state index in [0.717, 1.165) is 40.9 Å². The molecule has 0 radical (unpaired) electrons. The third-order valence-corrected chi connectivity index (χ3v) is 11.2. The van der Waals surface area contributed by atoms with Crippen molar-refractivity contribution in [3.05, 3.63) is 53.7 Å². The first-order valence-electron chi connectivity index (χ1n) is 17.5. The predicted octanol–water partition coefficient (Wildman–Crippen LogP) is -0.0690. The van der Waals surface area contributed by atoms with Crippen molar-refractivity contribution >= 4 is 41.6 Å².